The van der Waals surface area contributed by atoms with Crippen molar-refractivity contribution in [3.63, 3.8) is 0 Å². The van der Waals surface area contributed by atoms with Crippen LogP contribution < -0.4 is 0 Å². The van der Waals surface area contributed by atoms with Gasteiger partial charge in [-0.1, -0.05) is 127 Å². The topological polar surface area (TPSA) is 75.5 Å². The van der Waals surface area contributed by atoms with Crippen LogP contribution in [0.5, 0.6) is 0 Å². The van der Waals surface area contributed by atoms with E-state index in [1.165, 1.54) is 10.8 Å². The largest absolute Gasteiger partial charge is 0.455 e. The molecular weight excluding hydrogens is 831 g/mol. The minimum Gasteiger partial charge on any atom is -0.455 e. The van der Waals surface area contributed by atoms with Crippen LogP contribution in [0.25, 0.3) is 127 Å². The van der Waals surface area contributed by atoms with Gasteiger partial charge in [-0.3, -0.25) is 0 Å². The summed E-state index contributed by atoms with van der Waals surface area (Å²) >= 11 is 0. The zero-order chi connectivity index (χ0) is 45.0. The average molecular weight is 866 g/mol. The Balaban J connectivity index is 1.12. The fourth-order valence-corrected chi connectivity index (χ4v) is 11.0. The molecule has 0 fully saturated rings. The molecule has 0 amide bonds. The van der Waals surface area contributed by atoms with E-state index in [1.807, 2.05) is 30.3 Å². The molecule has 14 aromatic rings. The molecule has 314 valence electrons. The van der Waals surface area contributed by atoms with Crippen LogP contribution in [0.2, 0.25) is 0 Å². The lowest BCUT2D eigenvalue weighted by atomic mass is 10.0. The Labute approximate surface area is 389 Å². The van der Waals surface area contributed by atoms with E-state index in [1.54, 1.807) is 6.07 Å². The Kier molecular flexibility index (Phi) is 8.01. The molecule has 0 aliphatic rings. The van der Waals surface area contributed by atoms with Gasteiger partial charge in [0.15, 0.2) is 0 Å². The molecule has 0 saturated heterocycles. The maximum absolute atomic E-state index is 11.3. The van der Waals surface area contributed by atoms with Crippen molar-refractivity contribution >= 4 is 87.4 Å². The normalized spacial score (nSPS) is 11.8. The third kappa shape index (κ3) is 5.31. The average Bonchev–Trinajstić information content (AvgIpc) is 4.14. The predicted molar refractivity (Wildman–Crippen MR) is 277 cm³/mol. The molecule has 0 radical (unpaired) electrons. The molecule has 0 unspecified atom stereocenters. The van der Waals surface area contributed by atoms with Crippen molar-refractivity contribution in [2.75, 3.05) is 0 Å². The first-order valence-corrected chi connectivity index (χ1v) is 22.7. The minimum absolute atomic E-state index is 0.296. The Hall–Kier alpha value is -9.62. The highest BCUT2D eigenvalue weighted by molar-refractivity contribution is 6.24. The number of benzene rings is 10. The van der Waals surface area contributed by atoms with Gasteiger partial charge >= 0.3 is 0 Å². The van der Waals surface area contributed by atoms with Crippen LogP contribution in [0.3, 0.4) is 0 Å². The van der Waals surface area contributed by atoms with Gasteiger partial charge < -0.3 is 18.1 Å². The van der Waals surface area contributed by atoms with Crippen LogP contribution in [-0.2, 0) is 0 Å². The Morgan fingerprint density at radius 3 is 1.53 bits per heavy atom. The molecule has 4 aromatic heterocycles. The minimum atomic E-state index is 0.296. The number of nitriles is 2. The highest BCUT2D eigenvalue weighted by Gasteiger charge is 2.27. The number of hydrogen-bond donors (Lipinski definition) is 0. The molecule has 10 aromatic carbocycles. The van der Waals surface area contributed by atoms with E-state index >= 15 is 0 Å². The fourth-order valence-electron chi connectivity index (χ4n) is 11.0. The van der Waals surface area contributed by atoms with Crippen molar-refractivity contribution in [3.8, 4) is 51.5 Å². The van der Waals surface area contributed by atoms with Crippen molar-refractivity contribution in [2.45, 2.75) is 0 Å². The van der Waals surface area contributed by atoms with Gasteiger partial charge in [-0.05, 0) is 107 Å². The van der Waals surface area contributed by atoms with Gasteiger partial charge in [0.1, 0.15) is 23.3 Å². The second-order valence-electron chi connectivity index (χ2n) is 17.5. The van der Waals surface area contributed by atoms with Gasteiger partial charge in [0.25, 0.3) is 0 Å². The van der Waals surface area contributed by atoms with Crippen LogP contribution in [0, 0.1) is 22.7 Å². The molecule has 6 heteroatoms. The maximum Gasteiger partial charge on any atom is 0.145 e. The molecule has 0 spiro atoms. The van der Waals surface area contributed by atoms with Gasteiger partial charge in [0, 0.05) is 43.4 Å². The first kappa shape index (κ1) is 37.7. The zero-order valence-corrected chi connectivity index (χ0v) is 36.4. The molecule has 0 aliphatic carbocycles. The van der Waals surface area contributed by atoms with E-state index in [2.05, 4.69) is 202 Å². The summed E-state index contributed by atoms with van der Waals surface area (Å²) < 4.78 is 13.7. The van der Waals surface area contributed by atoms with Gasteiger partial charge in [-0.2, -0.15) is 10.5 Å². The first-order valence-electron chi connectivity index (χ1n) is 22.7. The van der Waals surface area contributed by atoms with E-state index in [0.717, 1.165) is 110 Å². The highest BCUT2D eigenvalue weighted by atomic mass is 16.3. The smallest absolute Gasteiger partial charge is 0.145 e. The second-order valence-corrected chi connectivity index (χ2v) is 17.5. The number of rotatable bonds is 5. The van der Waals surface area contributed by atoms with Crippen molar-refractivity contribution in [1.29, 1.82) is 10.5 Å². The quantitative estimate of drug-likeness (QED) is 0.173. The Morgan fingerprint density at radius 1 is 0.353 bits per heavy atom. The Bertz CT molecular complexity index is 4360. The van der Waals surface area contributed by atoms with E-state index in [-0.39, 0.29) is 0 Å². The molecule has 0 N–H and O–H groups in total. The first-order chi connectivity index (χ1) is 33.7. The fraction of sp³-hybridized carbons (Fsp3) is 0. The number of para-hydroxylation sites is 3. The number of hydrogen-bond acceptors (Lipinski definition) is 3. The maximum atomic E-state index is 11.3. The standard InChI is InChI=1S/C62H35N5O/c63-36-42-25-30-58(61(51(42)37-64)67-54-28-23-40(38-13-3-1-4-14-38)33-48(54)49-34-41(24-29-55(49)67)39-15-5-2-6-16-39)66-56-31-26-43(65-52-20-10-7-17-44(52)45-18-8-11-21-53(45)65)35-50(56)60-57(66)32-27-47-46-19-9-12-22-59(46)68-62(47)60/h1-35H. The number of fused-ring (bicyclic) bond motifs is 13. The third-order valence-corrected chi connectivity index (χ3v) is 13.9. The number of nitrogens with zero attached hydrogens (tertiary/aromatic N) is 5. The van der Waals surface area contributed by atoms with Crippen molar-refractivity contribution < 1.29 is 4.42 Å². The molecule has 0 bridgehead atoms. The van der Waals surface area contributed by atoms with Crippen LogP contribution in [0.4, 0.5) is 0 Å². The van der Waals surface area contributed by atoms with Crippen LogP contribution in [0.15, 0.2) is 217 Å². The van der Waals surface area contributed by atoms with Gasteiger partial charge in [0.2, 0.25) is 0 Å². The summed E-state index contributed by atoms with van der Waals surface area (Å²) in [5.41, 5.74) is 15.0. The van der Waals surface area contributed by atoms with E-state index in [0.29, 0.717) is 16.8 Å². The Morgan fingerprint density at radius 2 is 0.897 bits per heavy atom. The number of aromatic nitrogens is 3. The molecule has 0 aliphatic heterocycles. The molecule has 68 heavy (non-hydrogen) atoms. The van der Waals surface area contributed by atoms with Gasteiger partial charge in [-0.15, -0.1) is 0 Å². The van der Waals surface area contributed by atoms with Crippen molar-refractivity contribution in [2.24, 2.45) is 0 Å². The van der Waals surface area contributed by atoms with Gasteiger partial charge in [-0.25, -0.2) is 0 Å². The molecule has 6 nitrogen and oxygen atoms in total. The van der Waals surface area contributed by atoms with Crippen molar-refractivity contribution in [3.05, 3.63) is 223 Å². The van der Waals surface area contributed by atoms with Crippen LogP contribution >= 0.6 is 0 Å². The van der Waals surface area contributed by atoms with Gasteiger partial charge in [0.05, 0.1) is 61.0 Å². The zero-order valence-electron chi connectivity index (χ0n) is 36.4. The SMILES string of the molecule is N#Cc1ccc(-n2c3ccc(-n4c5ccccc5c5ccccc54)cc3c3c4oc5ccccc5c4ccc32)c(-n2c3ccc(-c4ccccc4)cc3c3cc(-c4ccccc4)ccc32)c1C#N. The summed E-state index contributed by atoms with van der Waals surface area (Å²) in [5, 5.41) is 30.5. The van der Waals surface area contributed by atoms with E-state index in [9.17, 15) is 10.5 Å². The predicted octanol–water partition coefficient (Wildman–Crippen LogP) is 16.0. The summed E-state index contributed by atoms with van der Waals surface area (Å²) in [5.74, 6) is 0. The van der Waals surface area contributed by atoms with E-state index in [4.69, 9.17) is 4.42 Å². The lowest BCUT2D eigenvalue weighted by molar-refractivity contribution is 0.673. The summed E-state index contributed by atoms with van der Waals surface area (Å²) in [6.45, 7) is 0. The lowest BCUT2D eigenvalue weighted by Crippen LogP contribution is -2.07. The van der Waals surface area contributed by atoms with Crippen LogP contribution in [0.1, 0.15) is 11.1 Å². The summed E-state index contributed by atoms with van der Waals surface area (Å²) in [4.78, 5) is 0. The third-order valence-electron chi connectivity index (χ3n) is 13.9. The van der Waals surface area contributed by atoms with E-state index < -0.39 is 0 Å². The molecule has 0 atom stereocenters. The summed E-state index contributed by atoms with van der Waals surface area (Å²) in [6, 6.07) is 79.0. The summed E-state index contributed by atoms with van der Waals surface area (Å²) in [6.07, 6.45) is 0. The van der Waals surface area contributed by atoms with Crippen molar-refractivity contribution in [1.82, 2.24) is 13.7 Å². The monoisotopic (exact) mass is 865 g/mol. The van der Waals surface area contributed by atoms with Crippen LogP contribution in [-0.4, -0.2) is 13.7 Å². The molecule has 0 saturated carbocycles. The molecule has 14 rings (SSSR count). The second kappa shape index (κ2) is 14.4. The molecule has 4 heterocycles. The lowest BCUT2D eigenvalue weighted by Gasteiger charge is -2.19. The number of furan rings is 1. The summed E-state index contributed by atoms with van der Waals surface area (Å²) in [7, 11) is 0. The highest BCUT2D eigenvalue weighted by Crippen LogP contribution is 2.45. The molecular formula is C62H35N5O.